The van der Waals surface area contributed by atoms with Crippen LogP contribution in [0, 0.1) is 5.41 Å². The Morgan fingerprint density at radius 1 is 1.65 bits per heavy atom. The molecule has 0 aliphatic heterocycles. The van der Waals surface area contributed by atoms with Crippen molar-refractivity contribution in [1.82, 2.24) is 4.90 Å². The van der Waals surface area contributed by atoms with Gasteiger partial charge in [0.2, 0.25) is 5.91 Å². The largest absolute Gasteiger partial charge is 0.392 e. The molecule has 6 heteroatoms. The zero-order valence-corrected chi connectivity index (χ0v) is 11.1. The minimum atomic E-state index is -0.683. The van der Waals surface area contributed by atoms with Gasteiger partial charge in [0.25, 0.3) is 0 Å². The third kappa shape index (κ3) is 2.94. The van der Waals surface area contributed by atoms with Crippen LogP contribution in [0.5, 0.6) is 0 Å². The molecule has 1 unspecified atom stereocenters. The predicted octanol–water partition coefficient (Wildman–Crippen LogP) is -0.0915. The van der Waals surface area contributed by atoms with Gasteiger partial charge in [-0.15, -0.1) is 0 Å². The van der Waals surface area contributed by atoms with Gasteiger partial charge in [0, 0.05) is 20.7 Å². The number of carbonyl (C=O) groups is 1. The van der Waals surface area contributed by atoms with E-state index in [9.17, 15) is 9.90 Å². The van der Waals surface area contributed by atoms with Crippen molar-refractivity contribution in [3.63, 3.8) is 0 Å². The van der Waals surface area contributed by atoms with Crippen molar-refractivity contribution in [3.05, 3.63) is 0 Å². The Morgan fingerprint density at radius 3 is 2.59 bits per heavy atom. The Balaban J connectivity index is 2.59. The Labute approximate surface area is 107 Å². The molecule has 1 aliphatic carbocycles. The van der Waals surface area contributed by atoms with Crippen molar-refractivity contribution in [2.24, 2.45) is 11.1 Å². The third-order valence-corrected chi connectivity index (χ3v) is 3.67. The van der Waals surface area contributed by atoms with Crippen LogP contribution in [0.25, 0.3) is 0 Å². The monoisotopic (exact) mass is 260 g/mol. The number of thiocarbonyl (C=S) groups is 1. The standard InChI is InChI=1S/C11H20N2O3S/c1-13(6-8(14)7-16-2)10(15)11(9(12)17)4-3-5-11/h8,14H,3-7H2,1-2H3,(H2,12,17). The lowest BCUT2D eigenvalue weighted by atomic mass is 9.67. The van der Waals surface area contributed by atoms with Gasteiger partial charge in [0.05, 0.1) is 23.1 Å². The Hall–Kier alpha value is -0.720. The number of rotatable bonds is 6. The molecule has 1 fully saturated rings. The smallest absolute Gasteiger partial charge is 0.235 e. The average Bonchev–Trinajstić information content (AvgIpc) is 2.15. The molecule has 1 atom stereocenters. The minimum absolute atomic E-state index is 0.0913. The molecule has 5 nitrogen and oxygen atoms in total. The molecule has 1 amide bonds. The van der Waals surface area contributed by atoms with Crippen LogP contribution in [0.1, 0.15) is 19.3 Å². The number of likely N-dealkylation sites (N-methyl/N-ethyl adjacent to an activating group) is 1. The van der Waals surface area contributed by atoms with E-state index >= 15 is 0 Å². The molecule has 1 rings (SSSR count). The number of hydrogen-bond acceptors (Lipinski definition) is 4. The second-order valence-electron chi connectivity index (χ2n) is 4.59. The van der Waals surface area contributed by atoms with Crippen LogP contribution in [0.15, 0.2) is 0 Å². The van der Waals surface area contributed by atoms with Gasteiger partial charge in [-0.3, -0.25) is 4.79 Å². The molecule has 1 saturated carbocycles. The van der Waals surface area contributed by atoms with E-state index in [0.717, 1.165) is 6.42 Å². The summed E-state index contributed by atoms with van der Waals surface area (Å²) in [6.07, 6.45) is 1.72. The Bertz CT molecular complexity index is 305. The number of amides is 1. The van der Waals surface area contributed by atoms with Crippen LogP contribution in [0.3, 0.4) is 0 Å². The normalized spacial score (nSPS) is 19.2. The summed E-state index contributed by atoms with van der Waals surface area (Å²) in [5.74, 6) is -0.0913. The molecule has 0 heterocycles. The Morgan fingerprint density at radius 2 is 2.24 bits per heavy atom. The highest BCUT2D eigenvalue weighted by atomic mass is 32.1. The Kier molecular flexibility index (Phi) is 4.85. The molecule has 1 aliphatic rings. The topological polar surface area (TPSA) is 75.8 Å². The molecule has 3 N–H and O–H groups in total. The van der Waals surface area contributed by atoms with Crippen LogP contribution in [-0.2, 0) is 9.53 Å². The summed E-state index contributed by atoms with van der Waals surface area (Å²) in [5, 5.41) is 9.58. The first kappa shape index (κ1) is 14.3. The molecule has 0 aromatic rings. The van der Waals surface area contributed by atoms with E-state index in [2.05, 4.69) is 0 Å². The fourth-order valence-corrected chi connectivity index (χ4v) is 2.40. The maximum Gasteiger partial charge on any atom is 0.235 e. The SMILES string of the molecule is COCC(O)CN(C)C(=O)C1(C(N)=S)CCC1. The van der Waals surface area contributed by atoms with Gasteiger partial charge in [0.1, 0.15) is 0 Å². The summed E-state index contributed by atoms with van der Waals surface area (Å²) in [7, 11) is 3.16. The summed E-state index contributed by atoms with van der Waals surface area (Å²) >= 11 is 4.98. The summed E-state index contributed by atoms with van der Waals surface area (Å²) in [6.45, 7) is 0.439. The van der Waals surface area contributed by atoms with Crippen LogP contribution >= 0.6 is 12.2 Å². The lowest BCUT2D eigenvalue weighted by Crippen LogP contribution is -2.54. The van der Waals surface area contributed by atoms with Gasteiger partial charge >= 0.3 is 0 Å². The van der Waals surface area contributed by atoms with Gasteiger partial charge in [0.15, 0.2) is 0 Å². The first-order chi connectivity index (χ1) is 7.94. The number of nitrogens with two attached hydrogens (primary N) is 1. The maximum atomic E-state index is 12.2. The second-order valence-corrected chi connectivity index (χ2v) is 5.03. The molecular formula is C11H20N2O3S. The molecule has 0 radical (unpaired) electrons. The first-order valence-corrected chi connectivity index (χ1v) is 6.07. The van der Waals surface area contributed by atoms with Crippen molar-refractivity contribution in [2.45, 2.75) is 25.4 Å². The van der Waals surface area contributed by atoms with Gasteiger partial charge in [-0.1, -0.05) is 18.6 Å². The molecule has 0 spiro atoms. The fraction of sp³-hybridized carbons (Fsp3) is 0.818. The fourth-order valence-electron chi connectivity index (χ4n) is 2.11. The van der Waals surface area contributed by atoms with Crippen molar-refractivity contribution in [2.75, 3.05) is 27.3 Å². The quantitative estimate of drug-likeness (QED) is 0.653. The summed E-state index contributed by atoms with van der Waals surface area (Å²) < 4.78 is 4.82. The van der Waals surface area contributed by atoms with Gasteiger partial charge in [-0.05, 0) is 12.8 Å². The van der Waals surface area contributed by atoms with Crippen LogP contribution < -0.4 is 5.73 Å². The number of methoxy groups -OCH3 is 1. The van der Waals surface area contributed by atoms with Crippen LogP contribution in [-0.4, -0.2) is 54.3 Å². The van der Waals surface area contributed by atoms with Crippen molar-refractivity contribution >= 4 is 23.1 Å². The predicted molar refractivity (Wildman–Crippen MR) is 68.6 cm³/mol. The van der Waals surface area contributed by atoms with Crippen LogP contribution in [0.4, 0.5) is 0 Å². The highest BCUT2D eigenvalue weighted by Crippen LogP contribution is 2.42. The number of hydrogen-bond donors (Lipinski definition) is 2. The number of carbonyl (C=O) groups excluding carboxylic acids is 1. The molecule has 0 aromatic carbocycles. The average molecular weight is 260 g/mol. The molecule has 17 heavy (non-hydrogen) atoms. The third-order valence-electron chi connectivity index (χ3n) is 3.28. The maximum absolute atomic E-state index is 12.2. The van der Waals surface area contributed by atoms with E-state index in [4.69, 9.17) is 22.7 Å². The number of aliphatic hydroxyl groups is 1. The van der Waals surface area contributed by atoms with E-state index in [0.29, 0.717) is 12.8 Å². The molecular weight excluding hydrogens is 240 g/mol. The van der Waals surface area contributed by atoms with E-state index in [1.807, 2.05) is 0 Å². The number of aliphatic hydroxyl groups excluding tert-OH is 1. The number of nitrogens with zero attached hydrogens (tertiary/aromatic N) is 1. The van der Waals surface area contributed by atoms with Crippen molar-refractivity contribution in [1.29, 1.82) is 0 Å². The summed E-state index contributed by atoms with van der Waals surface area (Å²) in [5.41, 5.74) is 4.99. The minimum Gasteiger partial charge on any atom is -0.392 e. The molecule has 0 bridgehead atoms. The van der Waals surface area contributed by atoms with Crippen molar-refractivity contribution in [3.8, 4) is 0 Å². The van der Waals surface area contributed by atoms with E-state index in [-0.39, 0.29) is 24.0 Å². The van der Waals surface area contributed by atoms with Gasteiger partial charge in [-0.2, -0.15) is 0 Å². The summed E-state index contributed by atoms with van der Waals surface area (Å²) in [4.78, 5) is 14.0. The zero-order valence-electron chi connectivity index (χ0n) is 10.3. The van der Waals surface area contributed by atoms with Crippen LogP contribution in [0.2, 0.25) is 0 Å². The molecule has 98 valence electrons. The van der Waals surface area contributed by atoms with E-state index < -0.39 is 11.5 Å². The lowest BCUT2D eigenvalue weighted by molar-refractivity contribution is -0.142. The first-order valence-electron chi connectivity index (χ1n) is 5.66. The molecule has 0 aromatic heterocycles. The highest BCUT2D eigenvalue weighted by molar-refractivity contribution is 7.80. The second kappa shape index (κ2) is 5.75. The zero-order chi connectivity index (χ0) is 13.1. The van der Waals surface area contributed by atoms with Gasteiger partial charge in [-0.25, -0.2) is 0 Å². The number of ether oxygens (including phenoxy) is 1. The van der Waals surface area contributed by atoms with E-state index in [1.165, 1.54) is 12.0 Å². The van der Waals surface area contributed by atoms with E-state index in [1.54, 1.807) is 7.05 Å². The molecule has 0 saturated heterocycles. The van der Waals surface area contributed by atoms with Gasteiger partial charge < -0.3 is 20.5 Å². The lowest BCUT2D eigenvalue weighted by Gasteiger charge is -2.42. The summed E-state index contributed by atoms with van der Waals surface area (Å²) in [6, 6.07) is 0. The highest BCUT2D eigenvalue weighted by Gasteiger charge is 2.48. The van der Waals surface area contributed by atoms with Crippen molar-refractivity contribution < 1.29 is 14.6 Å².